The topological polar surface area (TPSA) is 38.2 Å². The SMILES string of the molecule is CN(c1ncc(C(F)(F)F)s1)[C@H]1CCO[C@@H]1c1cccnc1. The van der Waals surface area contributed by atoms with Crippen LogP contribution in [0, 0.1) is 0 Å². The van der Waals surface area contributed by atoms with E-state index in [1.165, 1.54) is 0 Å². The zero-order chi connectivity index (χ0) is 15.7. The molecule has 2 aromatic rings. The lowest BCUT2D eigenvalue weighted by Crippen LogP contribution is -2.33. The van der Waals surface area contributed by atoms with Crippen LogP contribution in [0.15, 0.2) is 30.7 Å². The second-order valence-corrected chi connectivity index (χ2v) is 6.06. The third kappa shape index (κ3) is 2.93. The van der Waals surface area contributed by atoms with Gasteiger partial charge in [0.15, 0.2) is 5.13 Å². The Balaban J connectivity index is 1.82. The molecule has 4 nitrogen and oxygen atoms in total. The highest BCUT2D eigenvalue weighted by Gasteiger charge is 2.37. The summed E-state index contributed by atoms with van der Waals surface area (Å²) in [6.45, 7) is 0.562. The minimum atomic E-state index is -4.36. The van der Waals surface area contributed by atoms with E-state index < -0.39 is 11.1 Å². The highest BCUT2D eigenvalue weighted by Crippen LogP contribution is 2.39. The summed E-state index contributed by atoms with van der Waals surface area (Å²) in [4.78, 5) is 9.06. The van der Waals surface area contributed by atoms with Gasteiger partial charge in [-0.15, -0.1) is 0 Å². The summed E-state index contributed by atoms with van der Waals surface area (Å²) in [5, 5.41) is 0.344. The van der Waals surface area contributed by atoms with Gasteiger partial charge in [-0.25, -0.2) is 4.98 Å². The first-order valence-corrected chi connectivity index (χ1v) is 7.56. The van der Waals surface area contributed by atoms with Crippen LogP contribution < -0.4 is 4.90 Å². The standard InChI is InChI=1S/C14H14F3N3OS/c1-20(13-19-8-11(22-13)14(15,16)17)10-4-6-21-12(10)9-3-2-5-18-7-9/h2-3,5,7-8,10,12H,4,6H2,1H3/t10-,12+/m0/s1. The number of hydrogen-bond acceptors (Lipinski definition) is 5. The number of anilines is 1. The maximum atomic E-state index is 12.7. The zero-order valence-corrected chi connectivity index (χ0v) is 12.6. The summed E-state index contributed by atoms with van der Waals surface area (Å²) in [7, 11) is 1.75. The number of rotatable bonds is 3. The van der Waals surface area contributed by atoms with Crippen LogP contribution in [0.5, 0.6) is 0 Å². The monoisotopic (exact) mass is 329 g/mol. The Kier molecular flexibility index (Phi) is 4.05. The molecule has 0 N–H and O–H groups in total. The molecule has 1 aliphatic heterocycles. The Morgan fingerprint density at radius 3 is 2.82 bits per heavy atom. The summed E-state index contributed by atoms with van der Waals surface area (Å²) in [6, 6.07) is 3.67. The van der Waals surface area contributed by atoms with Crippen LogP contribution in [-0.2, 0) is 10.9 Å². The van der Waals surface area contributed by atoms with E-state index in [4.69, 9.17) is 4.74 Å². The van der Waals surface area contributed by atoms with Crippen molar-refractivity contribution in [3.63, 3.8) is 0 Å². The molecule has 2 aromatic heterocycles. The molecule has 22 heavy (non-hydrogen) atoms. The van der Waals surface area contributed by atoms with Gasteiger partial charge in [0, 0.05) is 31.6 Å². The molecule has 2 atom stereocenters. The maximum absolute atomic E-state index is 12.7. The van der Waals surface area contributed by atoms with Crippen LogP contribution in [0.3, 0.4) is 0 Å². The van der Waals surface area contributed by atoms with Gasteiger partial charge in [0.1, 0.15) is 11.0 Å². The van der Waals surface area contributed by atoms with Gasteiger partial charge in [-0.2, -0.15) is 13.2 Å². The minimum absolute atomic E-state index is 0.0589. The van der Waals surface area contributed by atoms with Gasteiger partial charge in [-0.05, 0) is 12.5 Å². The first kappa shape index (κ1) is 15.2. The second-order valence-electron chi connectivity index (χ2n) is 5.05. The molecule has 3 rings (SSSR count). The Morgan fingerprint density at radius 2 is 2.18 bits per heavy atom. The number of nitrogens with zero attached hydrogens (tertiary/aromatic N) is 3. The van der Waals surface area contributed by atoms with Crippen molar-refractivity contribution >= 4 is 16.5 Å². The minimum Gasteiger partial charge on any atom is -0.371 e. The van der Waals surface area contributed by atoms with Gasteiger partial charge in [-0.3, -0.25) is 4.98 Å². The average Bonchev–Trinajstić information content (AvgIpc) is 3.16. The fourth-order valence-corrected chi connectivity index (χ4v) is 3.34. The van der Waals surface area contributed by atoms with Crippen molar-refractivity contribution in [1.82, 2.24) is 9.97 Å². The number of hydrogen-bond donors (Lipinski definition) is 0. The van der Waals surface area contributed by atoms with E-state index in [-0.39, 0.29) is 12.1 Å². The molecule has 0 unspecified atom stereocenters. The zero-order valence-electron chi connectivity index (χ0n) is 11.7. The molecule has 3 heterocycles. The van der Waals surface area contributed by atoms with Crippen molar-refractivity contribution in [1.29, 1.82) is 0 Å². The molecule has 8 heteroatoms. The predicted octanol–water partition coefficient (Wildman–Crippen LogP) is 3.52. The summed E-state index contributed by atoms with van der Waals surface area (Å²) in [5.41, 5.74) is 0.921. The largest absolute Gasteiger partial charge is 0.427 e. The number of likely N-dealkylation sites (N-methyl/N-ethyl adjacent to an activating group) is 1. The summed E-state index contributed by atoms with van der Waals surface area (Å²) >= 11 is 0.651. The van der Waals surface area contributed by atoms with Crippen LogP contribution >= 0.6 is 11.3 Å². The number of ether oxygens (including phenoxy) is 1. The van der Waals surface area contributed by atoms with Gasteiger partial charge >= 0.3 is 6.18 Å². The summed E-state index contributed by atoms with van der Waals surface area (Å²) < 4.78 is 43.8. The van der Waals surface area contributed by atoms with E-state index >= 15 is 0 Å². The maximum Gasteiger partial charge on any atom is 0.427 e. The van der Waals surface area contributed by atoms with Gasteiger partial charge in [0.05, 0.1) is 12.2 Å². The Hall–Kier alpha value is -1.67. The van der Waals surface area contributed by atoms with E-state index in [9.17, 15) is 13.2 Å². The second kappa shape index (κ2) is 5.85. The third-order valence-corrected chi connectivity index (χ3v) is 4.78. The van der Waals surface area contributed by atoms with Crippen LogP contribution in [0.2, 0.25) is 0 Å². The van der Waals surface area contributed by atoms with Gasteiger partial charge < -0.3 is 9.64 Å². The van der Waals surface area contributed by atoms with Gasteiger partial charge in [0.25, 0.3) is 0 Å². The quantitative estimate of drug-likeness (QED) is 0.863. The molecule has 0 amide bonds. The Labute approximate surface area is 129 Å². The van der Waals surface area contributed by atoms with E-state index in [2.05, 4.69) is 9.97 Å². The molecule has 0 spiro atoms. The van der Waals surface area contributed by atoms with E-state index in [0.29, 0.717) is 23.1 Å². The van der Waals surface area contributed by atoms with Crippen molar-refractivity contribution in [3.05, 3.63) is 41.2 Å². The fraction of sp³-hybridized carbons (Fsp3) is 0.429. The number of alkyl halides is 3. The lowest BCUT2D eigenvalue weighted by atomic mass is 10.0. The molecule has 0 aromatic carbocycles. The number of halogens is 3. The lowest BCUT2D eigenvalue weighted by molar-refractivity contribution is -0.134. The Bertz CT molecular complexity index is 632. The first-order chi connectivity index (χ1) is 10.5. The molecule has 0 bridgehead atoms. The van der Waals surface area contributed by atoms with Gasteiger partial charge in [-0.1, -0.05) is 17.4 Å². The molecule has 1 fully saturated rings. The molecule has 118 valence electrons. The molecular formula is C14H14F3N3OS. The summed E-state index contributed by atoms with van der Waals surface area (Å²) in [6.07, 6.45) is 0.443. The molecule has 1 saturated heterocycles. The van der Waals surface area contributed by atoms with Crippen LogP contribution in [0.4, 0.5) is 18.3 Å². The predicted molar refractivity (Wildman–Crippen MR) is 76.9 cm³/mol. The lowest BCUT2D eigenvalue weighted by Gasteiger charge is -2.28. The van der Waals surface area contributed by atoms with E-state index in [1.807, 2.05) is 12.1 Å². The fourth-order valence-electron chi connectivity index (χ4n) is 2.54. The molecule has 1 aliphatic rings. The highest BCUT2D eigenvalue weighted by atomic mass is 32.1. The molecule has 0 radical (unpaired) electrons. The van der Waals surface area contributed by atoms with Crippen molar-refractivity contribution in [3.8, 4) is 0 Å². The highest BCUT2D eigenvalue weighted by molar-refractivity contribution is 7.15. The van der Waals surface area contributed by atoms with Crippen LogP contribution in [-0.4, -0.2) is 29.7 Å². The third-order valence-electron chi connectivity index (χ3n) is 3.65. The van der Waals surface area contributed by atoms with E-state index in [1.54, 1.807) is 24.3 Å². The average molecular weight is 329 g/mol. The summed E-state index contributed by atoms with van der Waals surface area (Å²) in [5.74, 6) is 0. The molecule has 0 saturated carbocycles. The smallest absolute Gasteiger partial charge is 0.371 e. The van der Waals surface area contributed by atoms with Crippen LogP contribution in [0.1, 0.15) is 23.0 Å². The van der Waals surface area contributed by atoms with E-state index in [0.717, 1.165) is 18.2 Å². The van der Waals surface area contributed by atoms with Crippen molar-refractivity contribution in [2.24, 2.45) is 0 Å². The molecule has 0 aliphatic carbocycles. The van der Waals surface area contributed by atoms with Crippen LogP contribution in [0.25, 0.3) is 0 Å². The number of pyridine rings is 1. The molecular weight excluding hydrogens is 315 g/mol. The first-order valence-electron chi connectivity index (χ1n) is 6.74. The van der Waals surface area contributed by atoms with Crippen molar-refractivity contribution in [2.75, 3.05) is 18.6 Å². The van der Waals surface area contributed by atoms with Crippen molar-refractivity contribution in [2.45, 2.75) is 24.7 Å². The number of thiazole rings is 1. The van der Waals surface area contributed by atoms with Crippen molar-refractivity contribution < 1.29 is 17.9 Å². The Morgan fingerprint density at radius 1 is 1.36 bits per heavy atom. The van der Waals surface area contributed by atoms with Gasteiger partial charge in [0.2, 0.25) is 0 Å². The number of aromatic nitrogens is 2. The normalized spacial score (nSPS) is 22.0.